The lowest BCUT2D eigenvalue weighted by atomic mass is 10.1. The van der Waals surface area contributed by atoms with E-state index in [1.165, 1.54) is 4.90 Å². The summed E-state index contributed by atoms with van der Waals surface area (Å²) in [5, 5.41) is 14.1. The summed E-state index contributed by atoms with van der Waals surface area (Å²) < 4.78 is 41.8. The molecule has 33 heavy (non-hydrogen) atoms. The molecule has 4 aliphatic rings. The first kappa shape index (κ1) is 21.2. The molecule has 3 saturated carbocycles. The lowest BCUT2D eigenvalue weighted by Gasteiger charge is -2.38. The molecule has 176 valence electrons. The minimum Gasteiger partial charge on any atom is -0.390 e. The number of piperazine rings is 1. The smallest absolute Gasteiger partial charge is 0.390 e. The fourth-order valence-corrected chi connectivity index (χ4v) is 5.76. The van der Waals surface area contributed by atoms with Crippen LogP contribution in [0.4, 0.5) is 13.2 Å². The number of nitrogens with zero attached hydrogens (tertiary/aromatic N) is 4. The molecule has 0 aromatic carbocycles. The van der Waals surface area contributed by atoms with Crippen LogP contribution in [0.15, 0.2) is 12.1 Å². The molecule has 0 spiro atoms. The highest BCUT2D eigenvalue weighted by Gasteiger charge is 2.60. The van der Waals surface area contributed by atoms with Crippen molar-refractivity contribution in [2.24, 2.45) is 5.92 Å². The molecule has 11 heteroatoms. The zero-order valence-corrected chi connectivity index (χ0v) is 18.4. The van der Waals surface area contributed by atoms with E-state index in [0.29, 0.717) is 23.0 Å². The van der Waals surface area contributed by atoms with E-state index in [2.05, 4.69) is 5.10 Å². The molecule has 7 nitrogen and oxygen atoms in total. The van der Waals surface area contributed by atoms with Gasteiger partial charge in [-0.1, -0.05) is 11.6 Å². The van der Waals surface area contributed by atoms with Gasteiger partial charge in [0.1, 0.15) is 12.2 Å². The van der Waals surface area contributed by atoms with Crippen LogP contribution in [0.5, 0.6) is 0 Å². The van der Waals surface area contributed by atoms with Crippen LogP contribution >= 0.6 is 11.6 Å². The first-order valence-electron chi connectivity index (χ1n) is 11.2. The summed E-state index contributed by atoms with van der Waals surface area (Å²) in [5.74, 6) is -0.594. The largest absolute Gasteiger partial charge is 0.433 e. The van der Waals surface area contributed by atoms with Gasteiger partial charge in [0.2, 0.25) is 5.91 Å². The van der Waals surface area contributed by atoms with Gasteiger partial charge in [-0.3, -0.25) is 9.59 Å². The molecular formula is C22H22ClF3N4O3. The highest BCUT2D eigenvalue weighted by molar-refractivity contribution is 6.36. The molecule has 3 aliphatic carbocycles. The Bertz CT molecular complexity index is 1190. The SMILES string of the molecule is O=C(c1nn2c(C(F)(F)F)cc(C3CC3)cc2c1Cl)N1CCN(C2CC3CC3(O)C2)C(=O)C1. The van der Waals surface area contributed by atoms with Crippen molar-refractivity contribution < 1.29 is 27.9 Å². The first-order chi connectivity index (χ1) is 15.5. The standard InChI is InChI=1S/C22H22ClF3N4O3/c23-18-15-5-12(11-1-2-11)6-16(22(24,25)26)30(15)27-19(18)20(32)28-3-4-29(17(31)10-28)14-7-13-8-21(13,33)9-14/h5-6,11,13-14,33H,1-4,7-10H2. The van der Waals surface area contributed by atoms with Gasteiger partial charge in [0, 0.05) is 19.1 Å². The van der Waals surface area contributed by atoms with Gasteiger partial charge >= 0.3 is 6.18 Å². The van der Waals surface area contributed by atoms with Crippen LogP contribution in [-0.2, 0) is 11.0 Å². The number of fused-ring (bicyclic) bond motifs is 2. The maximum atomic E-state index is 13.7. The lowest BCUT2D eigenvalue weighted by molar-refractivity contribution is -0.142. The molecule has 0 bridgehead atoms. The van der Waals surface area contributed by atoms with Gasteiger partial charge in [-0.2, -0.15) is 18.3 Å². The molecule has 6 rings (SSSR count). The Kier molecular flexibility index (Phi) is 4.40. The van der Waals surface area contributed by atoms with E-state index in [0.717, 1.165) is 31.7 Å². The second kappa shape index (κ2) is 6.85. The normalized spacial score (nSPS) is 29.7. The number of aromatic nitrogens is 2. The van der Waals surface area contributed by atoms with Crippen LogP contribution in [0.1, 0.15) is 59.8 Å². The third-order valence-corrected chi connectivity index (χ3v) is 7.94. The third kappa shape index (κ3) is 3.41. The van der Waals surface area contributed by atoms with Gasteiger partial charge in [0.15, 0.2) is 5.69 Å². The van der Waals surface area contributed by atoms with E-state index in [-0.39, 0.29) is 53.1 Å². The Morgan fingerprint density at radius 1 is 1.21 bits per heavy atom. The average Bonchev–Trinajstić information content (AvgIpc) is 3.65. The fraction of sp³-hybridized carbons (Fsp3) is 0.591. The number of carbonyl (C=O) groups is 2. The Morgan fingerprint density at radius 2 is 1.97 bits per heavy atom. The topological polar surface area (TPSA) is 78.2 Å². The maximum absolute atomic E-state index is 13.7. The van der Waals surface area contributed by atoms with Crippen molar-refractivity contribution in [1.29, 1.82) is 0 Å². The first-order valence-corrected chi connectivity index (χ1v) is 11.5. The van der Waals surface area contributed by atoms with Gasteiger partial charge in [0.25, 0.3) is 5.91 Å². The molecule has 3 heterocycles. The molecular weight excluding hydrogens is 461 g/mol. The van der Waals surface area contributed by atoms with Gasteiger partial charge in [-0.15, -0.1) is 0 Å². The second-order valence-corrected chi connectivity index (χ2v) is 10.2. The van der Waals surface area contributed by atoms with Crippen LogP contribution in [-0.4, -0.2) is 67.6 Å². The number of hydrogen-bond donors (Lipinski definition) is 1. The molecule has 3 unspecified atom stereocenters. The number of rotatable bonds is 3. The summed E-state index contributed by atoms with van der Waals surface area (Å²) in [4.78, 5) is 28.9. The van der Waals surface area contributed by atoms with E-state index in [4.69, 9.17) is 11.6 Å². The van der Waals surface area contributed by atoms with Crippen molar-refractivity contribution in [3.8, 4) is 0 Å². The van der Waals surface area contributed by atoms with Crippen LogP contribution in [0.3, 0.4) is 0 Å². The molecule has 3 atom stereocenters. The van der Waals surface area contributed by atoms with E-state index in [1.54, 1.807) is 11.0 Å². The number of carbonyl (C=O) groups excluding carboxylic acids is 2. The van der Waals surface area contributed by atoms with Crippen molar-refractivity contribution >= 4 is 28.9 Å². The number of pyridine rings is 1. The molecule has 0 radical (unpaired) electrons. The van der Waals surface area contributed by atoms with Gasteiger partial charge in [0.05, 0.1) is 16.1 Å². The molecule has 1 saturated heterocycles. The zero-order chi connectivity index (χ0) is 23.3. The molecule has 1 N–H and O–H groups in total. The van der Waals surface area contributed by atoms with Gasteiger partial charge < -0.3 is 14.9 Å². The number of hydrogen-bond acceptors (Lipinski definition) is 4. The maximum Gasteiger partial charge on any atom is 0.433 e. The molecule has 2 aromatic heterocycles. The monoisotopic (exact) mass is 482 g/mol. The number of amides is 2. The number of alkyl halides is 3. The molecule has 4 fully saturated rings. The summed E-state index contributed by atoms with van der Waals surface area (Å²) in [6, 6.07) is 2.61. The molecule has 2 aromatic rings. The Labute approximate surface area is 192 Å². The van der Waals surface area contributed by atoms with Crippen molar-refractivity contribution in [2.45, 2.75) is 55.8 Å². The minimum absolute atomic E-state index is 0.0347. The molecule has 1 aliphatic heterocycles. The predicted octanol–water partition coefficient (Wildman–Crippen LogP) is 3.08. The Morgan fingerprint density at radius 3 is 2.58 bits per heavy atom. The highest BCUT2D eigenvalue weighted by atomic mass is 35.5. The van der Waals surface area contributed by atoms with E-state index >= 15 is 0 Å². The Hall–Kier alpha value is -2.33. The highest BCUT2D eigenvalue weighted by Crippen LogP contribution is 2.56. The second-order valence-electron chi connectivity index (χ2n) is 9.82. The van der Waals surface area contributed by atoms with Crippen LogP contribution in [0, 0.1) is 5.92 Å². The fourth-order valence-electron chi connectivity index (χ4n) is 5.50. The predicted molar refractivity (Wildman–Crippen MR) is 111 cm³/mol. The summed E-state index contributed by atoms with van der Waals surface area (Å²) >= 11 is 6.37. The van der Waals surface area contributed by atoms with E-state index in [9.17, 15) is 27.9 Å². The summed E-state index contributed by atoms with van der Waals surface area (Å²) in [5.41, 5.74) is -1.32. The van der Waals surface area contributed by atoms with Crippen molar-refractivity contribution in [2.75, 3.05) is 19.6 Å². The minimum atomic E-state index is -4.66. The van der Waals surface area contributed by atoms with Crippen molar-refractivity contribution in [3.05, 3.63) is 34.1 Å². The Balaban J connectivity index is 1.26. The number of halogens is 4. The zero-order valence-electron chi connectivity index (χ0n) is 17.6. The average molecular weight is 483 g/mol. The van der Waals surface area contributed by atoms with Crippen LogP contribution in [0.2, 0.25) is 5.02 Å². The summed E-state index contributed by atoms with van der Waals surface area (Å²) in [6.07, 6.45) is -0.929. The quantitative estimate of drug-likeness (QED) is 0.729. The van der Waals surface area contributed by atoms with Gasteiger partial charge in [-0.05, 0) is 61.6 Å². The van der Waals surface area contributed by atoms with E-state index < -0.39 is 23.4 Å². The van der Waals surface area contributed by atoms with Crippen molar-refractivity contribution in [3.63, 3.8) is 0 Å². The lowest BCUT2D eigenvalue weighted by Crippen LogP contribution is -2.55. The summed E-state index contributed by atoms with van der Waals surface area (Å²) in [7, 11) is 0. The van der Waals surface area contributed by atoms with Crippen LogP contribution < -0.4 is 0 Å². The number of aliphatic hydroxyl groups is 1. The van der Waals surface area contributed by atoms with Crippen LogP contribution in [0.25, 0.3) is 5.52 Å². The summed E-state index contributed by atoms with van der Waals surface area (Å²) in [6.45, 7) is 0.346. The van der Waals surface area contributed by atoms with E-state index in [1.807, 2.05) is 0 Å². The molecule has 2 amide bonds. The third-order valence-electron chi connectivity index (χ3n) is 7.57. The van der Waals surface area contributed by atoms with Gasteiger partial charge in [-0.25, -0.2) is 4.52 Å². The van der Waals surface area contributed by atoms with Crippen molar-refractivity contribution in [1.82, 2.24) is 19.4 Å².